The number of nitrogens with one attached hydrogen (secondary N) is 1. The van der Waals surface area contributed by atoms with Gasteiger partial charge in [-0.1, -0.05) is 36.4 Å². The third-order valence-corrected chi connectivity index (χ3v) is 5.73. The van der Waals surface area contributed by atoms with Gasteiger partial charge in [0.2, 0.25) is 11.8 Å². The van der Waals surface area contributed by atoms with Gasteiger partial charge >= 0.3 is 0 Å². The number of carbonyl (C=O) groups is 2. The minimum absolute atomic E-state index is 0.00423. The van der Waals surface area contributed by atoms with Gasteiger partial charge in [0.1, 0.15) is 12.7 Å². The molecule has 3 aromatic rings. The van der Waals surface area contributed by atoms with Gasteiger partial charge in [0.25, 0.3) is 0 Å². The van der Waals surface area contributed by atoms with Gasteiger partial charge in [0.15, 0.2) is 0 Å². The largest absolute Gasteiger partial charge is 0.352 e. The molecule has 1 fully saturated rings. The molecule has 7 heteroatoms. The molecule has 1 saturated heterocycles. The van der Waals surface area contributed by atoms with Gasteiger partial charge in [0.05, 0.1) is 12.5 Å². The van der Waals surface area contributed by atoms with E-state index in [9.17, 15) is 9.59 Å². The molecule has 7 nitrogen and oxygen atoms in total. The normalized spacial score (nSPS) is 16.1. The van der Waals surface area contributed by atoms with Crippen molar-refractivity contribution in [2.45, 2.75) is 33.4 Å². The lowest BCUT2D eigenvalue weighted by Crippen LogP contribution is -2.33. The quantitative estimate of drug-likeness (QED) is 0.686. The number of nitrogens with zero attached hydrogens (tertiary/aromatic N) is 4. The first-order valence-corrected chi connectivity index (χ1v) is 10.1. The van der Waals surface area contributed by atoms with Crippen molar-refractivity contribution >= 4 is 17.5 Å². The standard InChI is InChI=1S/C23H25N5O2/c1-16-6-5-9-21(17(16)2)28-13-20(10-22(28)29)23(30)25-11-18-7-3-4-8-19(18)12-27-15-24-14-26-27/h3-9,14-15,20H,10-13H2,1-2H3,(H,25,30). The molecule has 0 bridgehead atoms. The number of benzene rings is 2. The maximum absolute atomic E-state index is 12.8. The maximum Gasteiger partial charge on any atom is 0.227 e. The summed E-state index contributed by atoms with van der Waals surface area (Å²) in [4.78, 5) is 31.1. The zero-order valence-corrected chi connectivity index (χ0v) is 17.2. The summed E-state index contributed by atoms with van der Waals surface area (Å²) in [6.07, 6.45) is 3.41. The van der Waals surface area contributed by atoms with Crippen molar-refractivity contribution in [2.75, 3.05) is 11.4 Å². The zero-order valence-electron chi connectivity index (χ0n) is 17.2. The zero-order chi connectivity index (χ0) is 21.1. The Bertz CT molecular complexity index is 1060. The first kappa shape index (κ1) is 19.8. The molecule has 2 amide bonds. The van der Waals surface area contributed by atoms with Crippen LogP contribution in [0.1, 0.15) is 28.7 Å². The molecule has 2 aromatic carbocycles. The summed E-state index contributed by atoms with van der Waals surface area (Å²) in [5, 5.41) is 7.16. The number of aryl methyl sites for hydroxylation is 1. The molecule has 1 aliphatic rings. The summed E-state index contributed by atoms with van der Waals surface area (Å²) in [7, 11) is 0. The van der Waals surface area contributed by atoms with E-state index in [4.69, 9.17) is 0 Å². The summed E-state index contributed by atoms with van der Waals surface area (Å²) >= 11 is 0. The van der Waals surface area contributed by atoms with Gasteiger partial charge < -0.3 is 10.2 Å². The molecule has 4 rings (SSSR count). The minimum Gasteiger partial charge on any atom is -0.352 e. The molecule has 1 aromatic heterocycles. The summed E-state index contributed by atoms with van der Waals surface area (Å²) in [5.41, 5.74) is 5.21. The minimum atomic E-state index is -0.347. The van der Waals surface area contributed by atoms with Crippen molar-refractivity contribution < 1.29 is 9.59 Å². The smallest absolute Gasteiger partial charge is 0.227 e. The fourth-order valence-electron chi connectivity index (χ4n) is 3.84. The van der Waals surface area contributed by atoms with Crippen molar-refractivity contribution in [2.24, 2.45) is 5.92 Å². The number of amides is 2. The van der Waals surface area contributed by atoms with Gasteiger partial charge in [-0.05, 0) is 42.2 Å². The highest BCUT2D eigenvalue weighted by molar-refractivity contribution is 6.00. The highest BCUT2D eigenvalue weighted by Crippen LogP contribution is 2.29. The molecular formula is C23H25N5O2. The average molecular weight is 403 g/mol. The SMILES string of the molecule is Cc1cccc(N2CC(C(=O)NCc3ccccc3Cn3cncn3)CC2=O)c1C. The van der Waals surface area contributed by atoms with Gasteiger partial charge in [-0.3, -0.25) is 9.59 Å². The number of anilines is 1. The average Bonchev–Trinajstić information content (AvgIpc) is 3.39. The summed E-state index contributed by atoms with van der Waals surface area (Å²) < 4.78 is 1.75. The lowest BCUT2D eigenvalue weighted by atomic mass is 10.1. The summed E-state index contributed by atoms with van der Waals surface area (Å²) in [6.45, 7) is 5.46. The molecule has 1 atom stereocenters. The lowest BCUT2D eigenvalue weighted by Gasteiger charge is -2.20. The Hall–Kier alpha value is -3.48. The number of hydrogen-bond acceptors (Lipinski definition) is 4. The van der Waals surface area contributed by atoms with Crippen LogP contribution < -0.4 is 10.2 Å². The highest BCUT2D eigenvalue weighted by atomic mass is 16.2. The van der Waals surface area contributed by atoms with Gasteiger partial charge in [-0.15, -0.1) is 0 Å². The first-order chi connectivity index (χ1) is 14.5. The monoisotopic (exact) mass is 403 g/mol. The number of hydrogen-bond donors (Lipinski definition) is 1. The van der Waals surface area contributed by atoms with E-state index in [1.807, 2.05) is 56.3 Å². The molecule has 154 valence electrons. The Kier molecular flexibility index (Phi) is 5.61. The predicted molar refractivity (Wildman–Crippen MR) is 114 cm³/mol. The molecule has 0 spiro atoms. The number of rotatable bonds is 6. The van der Waals surface area contributed by atoms with Crippen LogP contribution in [-0.4, -0.2) is 33.1 Å². The topological polar surface area (TPSA) is 80.1 Å². The Labute approximate surface area is 175 Å². The van der Waals surface area contributed by atoms with Crippen LogP contribution in [0.15, 0.2) is 55.1 Å². The van der Waals surface area contributed by atoms with E-state index in [0.29, 0.717) is 19.6 Å². The van der Waals surface area contributed by atoms with Crippen LogP contribution in [0.2, 0.25) is 0 Å². The third kappa shape index (κ3) is 4.10. The molecule has 2 heterocycles. The van der Waals surface area contributed by atoms with Gasteiger partial charge in [0, 0.05) is 25.2 Å². The van der Waals surface area contributed by atoms with Crippen LogP contribution in [0.4, 0.5) is 5.69 Å². The fourth-order valence-corrected chi connectivity index (χ4v) is 3.84. The molecule has 1 unspecified atom stereocenters. The van der Waals surface area contributed by atoms with E-state index in [2.05, 4.69) is 15.4 Å². The first-order valence-electron chi connectivity index (χ1n) is 10.1. The molecular weight excluding hydrogens is 378 g/mol. The van der Waals surface area contributed by atoms with Crippen LogP contribution in [0, 0.1) is 19.8 Å². The van der Waals surface area contributed by atoms with Crippen molar-refractivity contribution in [1.82, 2.24) is 20.1 Å². The van der Waals surface area contributed by atoms with Gasteiger partial charge in [-0.25, -0.2) is 9.67 Å². The molecule has 0 saturated carbocycles. The summed E-state index contributed by atoms with van der Waals surface area (Å²) in [6, 6.07) is 13.9. The van der Waals surface area contributed by atoms with Gasteiger partial charge in [-0.2, -0.15) is 5.10 Å². The number of carbonyl (C=O) groups excluding carboxylic acids is 2. The van der Waals surface area contributed by atoms with E-state index < -0.39 is 0 Å². The lowest BCUT2D eigenvalue weighted by molar-refractivity contribution is -0.126. The van der Waals surface area contributed by atoms with Crippen molar-refractivity contribution in [3.8, 4) is 0 Å². The van der Waals surface area contributed by atoms with Crippen LogP contribution in [0.5, 0.6) is 0 Å². The van der Waals surface area contributed by atoms with Crippen molar-refractivity contribution in [1.29, 1.82) is 0 Å². The Morgan fingerprint density at radius 1 is 1.13 bits per heavy atom. The number of aromatic nitrogens is 3. The molecule has 1 aliphatic heterocycles. The Morgan fingerprint density at radius 3 is 2.70 bits per heavy atom. The van der Waals surface area contributed by atoms with Crippen molar-refractivity contribution in [3.63, 3.8) is 0 Å². The maximum atomic E-state index is 12.8. The van der Waals surface area contributed by atoms with Crippen LogP contribution in [-0.2, 0) is 22.7 Å². The molecule has 30 heavy (non-hydrogen) atoms. The molecule has 1 N–H and O–H groups in total. The predicted octanol–water partition coefficient (Wildman–Crippen LogP) is 2.61. The Morgan fingerprint density at radius 2 is 1.93 bits per heavy atom. The van der Waals surface area contributed by atoms with Crippen LogP contribution in [0.25, 0.3) is 0 Å². The second-order valence-corrected chi connectivity index (χ2v) is 7.70. The second-order valence-electron chi connectivity index (χ2n) is 7.70. The van der Waals surface area contributed by atoms with E-state index in [0.717, 1.165) is 27.9 Å². The van der Waals surface area contributed by atoms with Crippen LogP contribution in [0.3, 0.4) is 0 Å². The summed E-state index contributed by atoms with van der Waals surface area (Å²) in [5.74, 6) is -0.443. The van der Waals surface area contributed by atoms with E-state index in [1.54, 1.807) is 15.9 Å². The van der Waals surface area contributed by atoms with Crippen LogP contribution >= 0.6 is 0 Å². The van der Waals surface area contributed by atoms with Crippen molar-refractivity contribution in [3.05, 3.63) is 77.4 Å². The fraction of sp³-hybridized carbons (Fsp3) is 0.304. The van der Waals surface area contributed by atoms with E-state index in [-0.39, 0.29) is 24.2 Å². The highest BCUT2D eigenvalue weighted by Gasteiger charge is 2.35. The second kappa shape index (κ2) is 8.49. The molecule has 0 aliphatic carbocycles. The van der Waals surface area contributed by atoms with E-state index in [1.165, 1.54) is 6.33 Å². The third-order valence-electron chi connectivity index (χ3n) is 5.73. The molecule has 0 radical (unpaired) electrons. The van der Waals surface area contributed by atoms with E-state index >= 15 is 0 Å². The Balaban J connectivity index is 1.41.